The summed E-state index contributed by atoms with van der Waals surface area (Å²) in [7, 11) is 0. The summed E-state index contributed by atoms with van der Waals surface area (Å²) in [5.74, 6) is -0.282. The Morgan fingerprint density at radius 2 is 1.83 bits per heavy atom. The quantitative estimate of drug-likeness (QED) is 0.682. The fourth-order valence-corrected chi connectivity index (χ4v) is 3.24. The number of nitrogens with two attached hydrogens (primary N) is 1. The number of nitrogens with zero attached hydrogens (tertiary/aromatic N) is 1. The Labute approximate surface area is 134 Å². The summed E-state index contributed by atoms with van der Waals surface area (Å²) >= 11 is 0. The fraction of sp³-hybridized carbons (Fsp3) is 0.278. The predicted molar refractivity (Wildman–Crippen MR) is 86.1 cm³/mol. The number of hydrogen-bond acceptors (Lipinski definition) is 5. The highest BCUT2D eigenvalue weighted by molar-refractivity contribution is 5.74. The molecule has 118 valence electrons. The van der Waals surface area contributed by atoms with Gasteiger partial charge in [-0.3, -0.25) is 4.79 Å². The van der Waals surface area contributed by atoms with E-state index in [1.807, 2.05) is 36.4 Å². The Hall–Kier alpha value is -2.37. The summed E-state index contributed by atoms with van der Waals surface area (Å²) in [5.41, 5.74) is 10.0. The summed E-state index contributed by atoms with van der Waals surface area (Å²) in [5, 5.41) is 0. The van der Waals surface area contributed by atoms with Crippen molar-refractivity contribution in [1.82, 2.24) is 0 Å². The molecule has 0 radical (unpaired) electrons. The van der Waals surface area contributed by atoms with Gasteiger partial charge >= 0.3 is 5.97 Å². The molecule has 0 aromatic heterocycles. The van der Waals surface area contributed by atoms with Crippen molar-refractivity contribution < 1.29 is 14.3 Å². The van der Waals surface area contributed by atoms with Crippen LogP contribution in [0.1, 0.15) is 24.2 Å². The molecule has 2 aliphatic rings. The number of carbonyl (C=O) groups is 1. The van der Waals surface area contributed by atoms with E-state index < -0.39 is 0 Å². The number of rotatable bonds is 2. The number of carbonyl (C=O) groups excluding carboxylic acids is 1. The minimum Gasteiger partial charge on any atom is -0.457 e. The molecule has 0 bridgehead atoms. The molecule has 0 aliphatic carbocycles. The standard InChI is InChI=1S/C18H18N2O3/c1-11(21)22-16-10-12-6-2-4-8-14(12)20(18-17(19)23-18)15-9-5-3-7-13(15)16/h2-9,16-18H,10,19H2,1H3/t16-,17?,18?/m0/s1. The number of para-hydroxylation sites is 2. The smallest absolute Gasteiger partial charge is 0.303 e. The summed E-state index contributed by atoms with van der Waals surface area (Å²) in [6.45, 7) is 1.44. The van der Waals surface area contributed by atoms with Gasteiger partial charge in [0.25, 0.3) is 0 Å². The average Bonchev–Trinajstić information content (AvgIpc) is 3.26. The molecule has 2 unspecified atom stereocenters. The first-order chi connectivity index (χ1) is 11.1. The maximum absolute atomic E-state index is 11.5. The third-order valence-electron chi connectivity index (χ3n) is 4.26. The van der Waals surface area contributed by atoms with Crippen LogP contribution in [-0.4, -0.2) is 18.4 Å². The molecule has 1 saturated heterocycles. The number of fused-ring (bicyclic) bond motifs is 2. The van der Waals surface area contributed by atoms with Crippen molar-refractivity contribution in [3.63, 3.8) is 0 Å². The Bertz CT molecular complexity index is 761. The van der Waals surface area contributed by atoms with Gasteiger partial charge in [-0.1, -0.05) is 36.4 Å². The molecule has 3 atom stereocenters. The van der Waals surface area contributed by atoms with Gasteiger partial charge in [-0.15, -0.1) is 0 Å². The van der Waals surface area contributed by atoms with Crippen molar-refractivity contribution in [1.29, 1.82) is 0 Å². The minimum atomic E-state index is -0.315. The number of anilines is 2. The van der Waals surface area contributed by atoms with Crippen molar-refractivity contribution in [2.24, 2.45) is 5.73 Å². The minimum absolute atomic E-state index is 0.187. The summed E-state index contributed by atoms with van der Waals surface area (Å²) < 4.78 is 11.1. The lowest BCUT2D eigenvalue weighted by molar-refractivity contribution is -0.146. The van der Waals surface area contributed by atoms with Crippen LogP contribution in [0.25, 0.3) is 0 Å². The Morgan fingerprint density at radius 3 is 2.52 bits per heavy atom. The first kappa shape index (κ1) is 14.2. The predicted octanol–water partition coefficient (Wildman–Crippen LogP) is 2.63. The lowest BCUT2D eigenvalue weighted by Crippen LogP contribution is -2.26. The molecule has 0 amide bonds. The van der Waals surface area contributed by atoms with Gasteiger partial charge in [0.15, 0.2) is 12.5 Å². The van der Waals surface area contributed by atoms with Crippen LogP contribution in [0.4, 0.5) is 11.4 Å². The van der Waals surface area contributed by atoms with Crippen LogP contribution in [0, 0.1) is 0 Å². The van der Waals surface area contributed by atoms with E-state index in [1.165, 1.54) is 6.92 Å². The van der Waals surface area contributed by atoms with E-state index in [4.69, 9.17) is 15.2 Å². The number of hydrogen-bond donors (Lipinski definition) is 1. The number of epoxide rings is 1. The van der Waals surface area contributed by atoms with Crippen molar-refractivity contribution in [2.45, 2.75) is 31.9 Å². The van der Waals surface area contributed by atoms with Crippen molar-refractivity contribution >= 4 is 17.3 Å². The van der Waals surface area contributed by atoms with Gasteiger partial charge in [-0.2, -0.15) is 0 Å². The average molecular weight is 310 g/mol. The highest BCUT2D eigenvalue weighted by Gasteiger charge is 2.44. The third-order valence-corrected chi connectivity index (χ3v) is 4.26. The van der Waals surface area contributed by atoms with Gasteiger partial charge in [0.2, 0.25) is 0 Å². The van der Waals surface area contributed by atoms with Gasteiger partial charge in [0.05, 0.1) is 5.69 Å². The Balaban J connectivity index is 1.89. The zero-order valence-electron chi connectivity index (χ0n) is 12.8. The molecule has 0 saturated carbocycles. The van der Waals surface area contributed by atoms with E-state index in [2.05, 4.69) is 17.0 Å². The van der Waals surface area contributed by atoms with Crippen LogP contribution >= 0.6 is 0 Å². The normalized spacial score (nSPS) is 25.1. The second-order valence-electron chi connectivity index (χ2n) is 5.85. The van der Waals surface area contributed by atoms with Crippen LogP contribution in [-0.2, 0) is 20.7 Å². The first-order valence-corrected chi connectivity index (χ1v) is 7.69. The summed E-state index contributed by atoms with van der Waals surface area (Å²) in [4.78, 5) is 13.7. The lowest BCUT2D eigenvalue weighted by atomic mass is 10.0. The number of ether oxygens (including phenoxy) is 2. The second-order valence-corrected chi connectivity index (χ2v) is 5.85. The molecule has 2 aromatic rings. The molecule has 1 fully saturated rings. The maximum atomic E-state index is 11.5. The van der Waals surface area contributed by atoms with Gasteiger partial charge in [-0.25, -0.2) is 0 Å². The third kappa shape index (κ3) is 2.48. The topological polar surface area (TPSA) is 68.1 Å². The van der Waals surface area contributed by atoms with Crippen LogP contribution in [0.15, 0.2) is 48.5 Å². The highest BCUT2D eigenvalue weighted by Crippen LogP contribution is 2.45. The summed E-state index contributed by atoms with van der Waals surface area (Å²) in [6.07, 6.45) is -0.176. The second kappa shape index (κ2) is 5.37. The zero-order valence-corrected chi connectivity index (χ0v) is 12.8. The fourth-order valence-electron chi connectivity index (χ4n) is 3.24. The van der Waals surface area contributed by atoms with Gasteiger partial charge in [0.1, 0.15) is 6.10 Å². The van der Waals surface area contributed by atoms with E-state index in [0.717, 1.165) is 22.5 Å². The molecule has 2 aromatic carbocycles. The van der Waals surface area contributed by atoms with Crippen molar-refractivity contribution in [2.75, 3.05) is 4.90 Å². The summed E-state index contributed by atoms with van der Waals surface area (Å²) in [6, 6.07) is 16.0. The van der Waals surface area contributed by atoms with Gasteiger partial charge in [-0.05, 0) is 17.7 Å². The molecule has 2 heterocycles. The van der Waals surface area contributed by atoms with E-state index in [-0.39, 0.29) is 24.5 Å². The Kier molecular flexibility index (Phi) is 3.32. The highest BCUT2D eigenvalue weighted by atomic mass is 16.6. The molecular formula is C18H18N2O3. The van der Waals surface area contributed by atoms with Crippen LogP contribution < -0.4 is 10.6 Å². The number of benzene rings is 2. The van der Waals surface area contributed by atoms with Crippen molar-refractivity contribution in [3.05, 3.63) is 59.7 Å². The lowest BCUT2D eigenvalue weighted by Gasteiger charge is -2.25. The number of esters is 1. The van der Waals surface area contributed by atoms with E-state index in [9.17, 15) is 4.79 Å². The van der Waals surface area contributed by atoms with E-state index in [0.29, 0.717) is 6.42 Å². The zero-order chi connectivity index (χ0) is 16.0. The molecule has 2 N–H and O–H groups in total. The van der Waals surface area contributed by atoms with Crippen molar-refractivity contribution in [3.8, 4) is 0 Å². The largest absolute Gasteiger partial charge is 0.457 e. The van der Waals surface area contributed by atoms with Gasteiger partial charge < -0.3 is 20.1 Å². The Morgan fingerprint density at radius 1 is 1.17 bits per heavy atom. The first-order valence-electron chi connectivity index (χ1n) is 7.69. The molecular weight excluding hydrogens is 292 g/mol. The molecule has 0 spiro atoms. The van der Waals surface area contributed by atoms with E-state index in [1.54, 1.807) is 0 Å². The monoisotopic (exact) mass is 310 g/mol. The SMILES string of the molecule is CC(=O)O[C@H]1Cc2ccccc2N(C2OC2N)c2ccccc21. The molecule has 23 heavy (non-hydrogen) atoms. The maximum Gasteiger partial charge on any atom is 0.303 e. The molecule has 2 aliphatic heterocycles. The van der Waals surface area contributed by atoms with Crippen LogP contribution in [0.5, 0.6) is 0 Å². The van der Waals surface area contributed by atoms with Crippen LogP contribution in [0.3, 0.4) is 0 Å². The van der Waals surface area contributed by atoms with Gasteiger partial charge in [0, 0.05) is 24.6 Å². The van der Waals surface area contributed by atoms with E-state index >= 15 is 0 Å². The molecule has 4 rings (SSSR count). The molecule has 5 nitrogen and oxygen atoms in total. The molecule has 5 heteroatoms. The van der Waals surface area contributed by atoms with Crippen LogP contribution in [0.2, 0.25) is 0 Å².